The molecule has 2 atom stereocenters. The first-order valence-corrected chi connectivity index (χ1v) is 6.46. The lowest BCUT2D eigenvalue weighted by Gasteiger charge is -2.30. The van der Waals surface area contributed by atoms with Crippen molar-refractivity contribution < 1.29 is 5.11 Å². The molecule has 1 heterocycles. The van der Waals surface area contributed by atoms with Gasteiger partial charge in [0.05, 0.1) is 11.9 Å². The molecule has 0 amide bonds. The smallest absolute Gasteiger partial charge is 0.0738 e. The summed E-state index contributed by atoms with van der Waals surface area (Å²) >= 11 is 0. The number of nitrogens with zero attached hydrogens (tertiary/aromatic N) is 3. The molecular formula is C12H22N4O. The first-order valence-electron chi connectivity index (χ1n) is 6.46. The molecule has 0 bridgehead atoms. The second kappa shape index (κ2) is 6.12. The molecule has 0 aromatic carbocycles. The van der Waals surface area contributed by atoms with Gasteiger partial charge in [-0.3, -0.25) is 4.68 Å². The van der Waals surface area contributed by atoms with Gasteiger partial charge in [0.2, 0.25) is 0 Å². The summed E-state index contributed by atoms with van der Waals surface area (Å²) in [6.45, 7) is 2.12. The van der Waals surface area contributed by atoms with Crippen molar-refractivity contribution in [2.45, 2.75) is 32.2 Å². The number of nitrogens with one attached hydrogen (secondary N) is 1. The lowest BCUT2D eigenvalue weighted by molar-refractivity contribution is 0.133. The van der Waals surface area contributed by atoms with Crippen LogP contribution in [0.4, 0.5) is 0 Å². The molecular weight excluding hydrogens is 216 g/mol. The summed E-state index contributed by atoms with van der Waals surface area (Å²) < 4.78 is 1.79. The summed E-state index contributed by atoms with van der Waals surface area (Å²) in [5.41, 5.74) is 1.10. The molecule has 2 unspecified atom stereocenters. The van der Waals surface area contributed by atoms with Gasteiger partial charge in [0.15, 0.2) is 0 Å². The molecule has 1 aliphatic rings. The standard InChI is InChI=1S/C12H22N4O/c1-16-12(8-14-15-16)7-13-6-10-4-2-3-5-11(10)9-17/h8,10-11,13,17H,2-7,9H2,1H3. The summed E-state index contributed by atoms with van der Waals surface area (Å²) in [5, 5.41) is 20.5. The SMILES string of the molecule is Cn1nncc1CNCC1CCCCC1CO. The van der Waals surface area contributed by atoms with Gasteiger partial charge in [-0.2, -0.15) is 0 Å². The molecule has 1 aromatic rings. The fourth-order valence-corrected chi connectivity index (χ4v) is 2.65. The van der Waals surface area contributed by atoms with Gasteiger partial charge < -0.3 is 10.4 Å². The summed E-state index contributed by atoms with van der Waals surface area (Å²) in [5.74, 6) is 1.11. The Morgan fingerprint density at radius 3 is 2.82 bits per heavy atom. The van der Waals surface area contributed by atoms with E-state index in [1.807, 2.05) is 7.05 Å². The molecule has 17 heavy (non-hydrogen) atoms. The number of aryl methyl sites for hydroxylation is 1. The van der Waals surface area contributed by atoms with E-state index in [1.54, 1.807) is 10.9 Å². The Bertz CT molecular complexity index is 339. The number of hydrogen-bond acceptors (Lipinski definition) is 4. The van der Waals surface area contributed by atoms with Gasteiger partial charge in [-0.05, 0) is 31.2 Å². The lowest BCUT2D eigenvalue weighted by Crippen LogP contribution is -2.32. The van der Waals surface area contributed by atoms with Crippen molar-refractivity contribution in [3.63, 3.8) is 0 Å². The van der Waals surface area contributed by atoms with E-state index in [0.717, 1.165) is 18.8 Å². The van der Waals surface area contributed by atoms with Gasteiger partial charge in [-0.15, -0.1) is 5.10 Å². The van der Waals surface area contributed by atoms with Crippen molar-refractivity contribution >= 4 is 0 Å². The normalized spacial score (nSPS) is 25.1. The highest BCUT2D eigenvalue weighted by molar-refractivity contribution is 4.92. The van der Waals surface area contributed by atoms with Gasteiger partial charge in [0.25, 0.3) is 0 Å². The summed E-state index contributed by atoms with van der Waals surface area (Å²) in [4.78, 5) is 0. The zero-order valence-electron chi connectivity index (χ0n) is 10.5. The third-order valence-corrected chi connectivity index (χ3v) is 3.82. The summed E-state index contributed by atoms with van der Waals surface area (Å²) in [6.07, 6.45) is 6.78. The van der Waals surface area contributed by atoms with Crippen LogP contribution in [0.3, 0.4) is 0 Å². The average Bonchev–Trinajstić information content (AvgIpc) is 2.76. The van der Waals surface area contributed by atoms with E-state index in [0.29, 0.717) is 18.4 Å². The minimum atomic E-state index is 0.333. The van der Waals surface area contributed by atoms with E-state index in [4.69, 9.17) is 0 Å². The summed E-state index contributed by atoms with van der Waals surface area (Å²) in [7, 11) is 1.90. The van der Waals surface area contributed by atoms with Gasteiger partial charge in [-0.25, -0.2) is 0 Å². The van der Waals surface area contributed by atoms with E-state index in [-0.39, 0.29) is 0 Å². The number of rotatable bonds is 5. The molecule has 1 aliphatic carbocycles. The topological polar surface area (TPSA) is 63.0 Å². The largest absolute Gasteiger partial charge is 0.396 e. The van der Waals surface area contributed by atoms with Crippen LogP contribution in [0, 0.1) is 11.8 Å². The van der Waals surface area contributed by atoms with Crippen molar-refractivity contribution in [2.24, 2.45) is 18.9 Å². The number of hydrogen-bond donors (Lipinski definition) is 2. The van der Waals surface area contributed by atoms with E-state index in [2.05, 4.69) is 15.6 Å². The highest BCUT2D eigenvalue weighted by atomic mass is 16.3. The maximum atomic E-state index is 9.34. The molecule has 1 fully saturated rings. The number of aliphatic hydroxyl groups excluding tert-OH is 1. The van der Waals surface area contributed by atoms with Crippen LogP contribution < -0.4 is 5.32 Å². The Morgan fingerprint density at radius 1 is 1.41 bits per heavy atom. The zero-order chi connectivity index (χ0) is 12.1. The molecule has 5 nitrogen and oxygen atoms in total. The molecule has 0 aliphatic heterocycles. The third kappa shape index (κ3) is 3.26. The van der Waals surface area contributed by atoms with Crippen molar-refractivity contribution in [2.75, 3.05) is 13.2 Å². The maximum absolute atomic E-state index is 9.34. The van der Waals surface area contributed by atoms with Crippen LogP contribution >= 0.6 is 0 Å². The molecule has 0 saturated heterocycles. The van der Waals surface area contributed by atoms with Crippen molar-refractivity contribution in [3.05, 3.63) is 11.9 Å². The molecule has 1 saturated carbocycles. The van der Waals surface area contributed by atoms with E-state index < -0.39 is 0 Å². The fraction of sp³-hybridized carbons (Fsp3) is 0.833. The molecule has 5 heteroatoms. The average molecular weight is 238 g/mol. The Balaban J connectivity index is 1.75. The van der Waals surface area contributed by atoms with Crippen LogP contribution in [0.15, 0.2) is 6.20 Å². The minimum Gasteiger partial charge on any atom is -0.396 e. The van der Waals surface area contributed by atoms with E-state index >= 15 is 0 Å². The maximum Gasteiger partial charge on any atom is 0.0738 e. The first kappa shape index (κ1) is 12.5. The summed E-state index contributed by atoms with van der Waals surface area (Å²) in [6, 6.07) is 0. The second-order valence-corrected chi connectivity index (χ2v) is 4.97. The minimum absolute atomic E-state index is 0.333. The molecule has 2 N–H and O–H groups in total. The van der Waals surface area contributed by atoms with Crippen LogP contribution in [0.25, 0.3) is 0 Å². The molecule has 2 rings (SSSR count). The molecule has 1 aromatic heterocycles. The molecule has 0 radical (unpaired) electrons. The Kier molecular flexibility index (Phi) is 4.50. The highest BCUT2D eigenvalue weighted by Gasteiger charge is 2.23. The van der Waals surface area contributed by atoms with Crippen molar-refractivity contribution in [1.82, 2.24) is 20.3 Å². The lowest BCUT2D eigenvalue weighted by atomic mass is 9.79. The van der Waals surface area contributed by atoms with Crippen molar-refractivity contribution in [3.8, 4) is 0 Å². The quantitative estimate of drug-likeness (QED) is 0.793. The van der Waals surface area contributed by atoms with E-state index in [1.165, 1.54) is 25.7 Å². The zero-order valence-corrected chi connectivity index (χ0v) is 10.5. The van der Waals surface area contributed by atoms with Crippen LogP contribution in [0.5, 0.6) is 0 Å². The van der Waals surface area contributed by atoms with Gasteiger partial charge in [-0.1, -0.05) is 18.1 Å². The second-order valence-electron chi connectivity index (χ2n) is 4.97. The predicted octanol–water partition coefficient (Wildman–Crippen LogP) is 0.703. The Labute approximate surface area is 102 Å². The number of aromatic nitrogens is 3. The predicted molar refractivity (Wildman–Crippen MR) is 65.2 cm³/mol. The number of aliphatic hydroxyl groups is 1. The van der Waals surface area contributed by atoms with Crippen LogP contribution in [-0.2, 0) is 13.6 Å². The van der Waals surface area contributed by atoms with Gasteiger partial charge in [0, 0.05) is 20.2 Å². The van der Waals surface area contributed by atoms with Crippen LogP contribution in [-0.4, -0.2) is 33.3 Å². The van der Waals surface area contributed by atoms with Gasteiger partial charge >= 0.3 is 0 Å². The van der Waals surface area contributed by atoms with E-state index in [9.17, 15) is 5.11 Å². The van der Waals surface area contributed by atoms with Crippen molar-refractivity contribution in [1.29, 1.82) is 0 Å². The Hall–Kier alpha value is -0.940. The molecule has 96 valence electrons. The van der Waals surface area contributed by atoms with Crippen LogP contribution in [0.1, 0.15) is 31.4 Å². The first-order chi connectivity index (χ1) is 8.31. The van der Waals surface area contributed by atoms with Crippen LogP contribution in [0.2, 0.25) is 0 Å². The monoisotopic (exact) mass is 238 g/mol. The fourth-order valence-electron chi connectivity index (χ4n) is 2.65. The molecule has 0 spiro atoms. The highest BCUT2D eigenvalue weighted by Crippen LogP contribution is 2.29. The Morgan fingerprint density at radius 2 is 2.18 bits per heavy atom. The third-order valence-electron chi connectivity index (χ3n) is 3.82. The van der Waals surface area contributed by atoms with Gasteiger partial charge in [0.1, 0.15) is 0 Å².